The number of amides is 2. The molecular weight excluding hydrogens is 350 g/mol. The number of hydrogen-bond acceptors (Lipinski definition) is 3. The second kappa shape index (κ2) is 14.1. The minimum absolute atomic E-state index is 0.0160. The van der Waals surface area contributed by atoms with Crippen LogP contribution in [0.4, 0.5) is 0 Å². The Bertz CT molecular complexity index is 526. The van der Waals surface area contributed by atoms with Crippen molar-refractivity contribution in [1.29, 1.82) is 0 Å². The molecule has 0 aliphatic carbocycles. The summed E-state index contributed by atoms with van der Waals surface area (Å²) < 4.78 is 0. The third-order valence-corrected chi connectivity index (χ3v) is 4.93. The van der Waals surface area contributed by atoms with E-state index in [1.165, 1.54) is 0 Å². The molecule has 28 heavy (non-hydrogen) atoms. The van der Waals surface area contributed by atoms with E-state index in [1.807, 2.05) is 9.80 Å². The monoisotopic (exact) mass is 389 g/mol. The number of aromatic nitrogens is 1. The molecule has 0 aromatic carbocycles. The van der Waals surface area contributed by atoms with E-state index in [9.17, 15) is 9.59 Å². The van der Waals surface area contributed by atoms with Crippen LogP contribution < -0.4 is 0 Å². The largest absolute Gasteiger partial charge is 0.339 e. The van der Waals surface area contributed by atoms with Crippen molar-refractivity contribution in [3.63, 3.8) is 0 Å². The summed E-state index contributed by atoms with van der Waals surface area (Å²) in [6.45, 7) is 11.5. The van der Waals surface area contributed by atoms with Crippen LogP contribution in [0.3, 0.4) is 0 Å². The molecule has 0 N–H and O–H groups in total. The highest BCUT2D eigenvalue weighted by Gasteiger charge is 2.20. The second-order valence-electron chi connectivity index (χ2n) is 7.46. The molecule has 1 heterocycles. The molecule has 1 aromatic rings. The summed E-state index contributed by atoms with van der Waals surface area (Å²) in [5.74, 6) is -0.0320. The molecule has 0 fully saturated rings. The topological polar surface area (TPSA) is 53.5 Å². The summed E-state index contributed by atoms with van der Waals surface area (Å²) in [4.78, 5) is 34.0. The van der Waals surface area contributed by atoms with Gasteiger partial charge in [0.1, 0.15) is 0 Å². The first kappa shape index (κ1) is 24.1. The predicted molar refractivity (Wildman–Crippen MR) is 116 cm³/mol. The van der Waals surface area contributed by atoms with E-state index in [0.717, 1.165) is 77.5 Å². The Balaban J connectivity index is 2.97. The molecule has 5 nitrogen and oxygen atoms in total. The normalized spacial score (nSPS) is 10.7. The van der Waals surface area contributed by atoms with Gasteiger partial charge in [0.2, 0.25) is 0 Å². The van der Waals surface area contributed by atoms with E-state index in [1.54, 1.807) is 18.5 Å². The third kappa shape index (κ3) is 7.99. The number of unbranched alkanes of at least 4 members (excludes halogenated alkanes) is 4. The first-order chi connectivity index (χ1) is 13.6. The molecule has 0 unspecified atom stereocenters. The van der Waals surface area contributed by atoms with Gasteiger partial charge in [-0.25, -0.2) is 0 Å². The van der Waals surface area contributed by atoms with Crippen molar-refractivity contribution in [2.75, 3.05) is 26.2 Å². The Hall–Kier alpha value is -1.91. The van der Waals surface area contributed by atoms with Gasteiger partial charge in [0.25, 0.3) is 11.8 Å². The number of nitrogens with zero attached hydrogens (tertiary/aromatic N) is 3. The van der Waals surface area contributed by atoms with E-state index in [4.69, 9.17) is 0 Å². The van der Waals surface area contributed by atoms with Gasteiger partial charge in [-0.15, -0.1) is 0 Å². The van der Waals surface area contributed by atoms with Crippen molar-refractivity contribution in [3.05, 3.63) is 29.6 Å². The minimum atomic E-state index is -0.0160. The highest BCUT2D eigenvalue weighted by Crippen LogP contribution is 2.12. The van der Waals surface area contributed by atoms with Crippen LogP contribution in [0.15, 0.2) is 18.5 Å². The van der Waals surface area contributed by atoms with Crippen LogP contribution in [0.2, 0.25) is 0 Å². The summed E-state index contributed by atoms with van der Waals surface area (Å²) >= 11 is 0. The number of hydrogen-bond donors (Lipinski definition) is 0. The van der Waals surface area contributed by atoms with Crippen molar-refractivity contribution < 1.29 is 9.59 Å². The Morgan fingerprint density at radius 1 is 0.679 bits per heavy atom. The van der Waals surface area contributed by atoms with Crippen LogP contribution in [-0.2, 0) is 0 Å². The van der Waals surface area contributed by atoms with E-state index >= 15 is 0 Å². The lowest BCUT2D eigenvalue weighted by Gasteiger charge is -2.24. The standard InChI is InChI=1S/C23H39N3O2/c1-5-9-13-25(14-10-6-2)22(27)20-17-21(19-24-18-20)23(28)26(15-11-7-3)16-12-8-4/h17-19H,5-16H2,1-4H3. The summed E-state index contributed by atoms with van der Waals surface area (Å²) in [7, 11) is 0. The molecule has 2 amide bonds. The van der Waals surface area contributed by atoms with Crippen LogP contribution in [0.1, 0.15) is 99.8 Å². The summed E-state index contributed by atoms with van der Waals surface area (Å²) in [5, 5.41) is 0. The molecule has 0 aliphatic rings. The summed E-state index contributed by atoms with van der Waals surface area (Å²) in [6.07, 6.45) is 11.3. The molecule has 0 aliphatic heterocycles. The molecule has 1 aromatic heterocycles. The lowest BCUT2D eigenvalue weighted by Crippen LogP contribution is -2.34. The fraction of sp³-hybridized carbons (Fsp3) is 0.696. The van der Waals surface area contributed by atoms with Crippen LogP contribution in [0.25, 0.3) is 0 Å². The van der Waals surface area contributed by atoms with E-state index < -0.39 is 0 Å². The van der Waals surface area contributed by atoms with Gasteiger partial charge in [0, 0.05) is 38.6 Å². The zero-order valence-electron chi connectivity index (χ0n) is 18.4. The Morgan fingerprint density at radius 2 is 1.00 bits per heavy atom. The molecule has 0 bridgehead atoms. The van der Waals surface area contributed by atoms with Crippen molar-refractivity contribution in [1.82, 2.24) is 14.8 Å². The van der Waals surface area contributed by atoms with Crippen LogP contribution in [-0.4, -0.2) is 52.8 Å². The first-order valence-electron chi connectivity index (χ1n) is 11.1. The average Bonchev–Trinajstić information content (AvgIpc) is 2.73. The molecule has 0 spiro atoms. The maximum Gasteiger partial charge on any atom is 0.255 e. The fourth-order valence-electron chi connectivity index (χ4n) is 3.06. The molecule has 0 saturated carbocycles. The molecule has 0 radical (unpaired) electrons. The first-order valence-corrected chi connectivity index (χ1v) is 11.1. The van der Waals surface area contributed by atoms with Gasteiger partial charge in [-0.1, -0.05) is 53.4 Å². The summed E-state index contributed by atoms with van der Waals surface area (Å²) in [6, 6.07) is 1.73. The SMILES string of the molecule is CCCCN(CCCC)C(=O)c1cncc(C(=O)N(CCCC)CCCC)c1. The highest BCUT2D eigenvalue weighted by molar-refractivity contribution is 5.99. The van der Waals surface area contributed by atoms with Gasteiger partial charge in [0.15, 0.2) is 0 Å². The van der Waals surface area contributed by atoms with Gasteiger partial charge in [-0.05, 0) is 31.7 Å². The Kier molecular flexibility index (Phi) is 12.2. The lowest BCUT2D eigenvalue weighted by atomic mass is 10.1. The molecular formula is C23H39N3O2. The zero-order valence-corrected chi connectivity index (χ0v) is 18.4. The van der Waals surface area contributed by atoms with Gasteiger partial charge >= 0.3 is 0 Å². The smallest absolute Gasteiger partial charge is 0.255 e. The lowest BCUT2D eigenvalue weighted by molar-refractivity contribution is 0.0748. The number of carbonyl (C=O) groups excluding carboxylic acids is 2. The van der Waals surface area contributed by atoms with E-state index in [0.29, 0.717) is 11.1 Å². The molecule has 5 heteroatoms. The van der Waals surface area contributed by atoms with Crippen molar-refractivity contribution >= 4 is 11.8 Å². The van der Waals surface area contributed by atoms with Crippen LogP contribution in [0, 0.1) is 0 Å². The maximum atomic E-state index is 13.0. The quantitative estimate of drug-likeness (QED) is 0.441. The second-order valence-corrected chi connectivity index (χ2v) is 7.46. The van der Waals surface area contributed by atoms with E-state index in [2.05, 4.69) is 32.7 Å². The molecule has 158 valence electrons. The van der Waals surface area contributed by atoms with Crippen LogP contribution in [0.5, 0.6) is 0 Å². The van der Waals surface area contributed by atoms with Crippen molar-refractivity contribution in [2.24, 2.45) is 0 Å². The third-order valence-electron chi connectivity index (χ3n) is 4.93. The molecule has 0 atom stereocenters. The van der Waals surface area contributed by atoms with Gasteiger partial charge in [0.05, 0.1) is 11.1 Å². The molecule has 1 rings (SSSR count). The Labute approximate surface area is 171 Å². The van der Waals surface area contributed by atoms with E-state index in [-0.39, 0.29) is 11.8 Å². The fourth-order valence-corrected chi connectivity index (χ4v) is 3.06. The minimum Gasteiger partial charge on any atom is -0.339 e. The predicted octanol–water partition coefficient (Wildman–Crippen LogP) is 5.17. The van der Waals surface area contributed by atoms with Gasteiger partial charge < -0.3 is 9.80 Å². The van der Waals surface area contributed by atoms with Gasteiger partial charge in [-0.2, -0.15) is 0 Å². The maximum absolute atomic E-state index is 13.0. The van der Waals surface area contributed by atoms with Crippen molar-refractivity contribution in [3.8, 4) is 0 Å². The highest BCUT2D eigenvalue weighted by atomic mass is 16.2. The molecule has 0 saturated heterocycles. The summed E-state index contributed by atoms with van der Waals surface area (Å²) in [5.41, 5.74) is 1.04. The average molecular weight is 390 g/mol. The number of pyridine rings is 1. The van der Waals surface area contributed by atoms with Crippen molar-refractivity contribution in [2.45, 2.75) is 79.1 Å². The number of rotatable bonds is 14. The number of carbonyl (C=O) groups is 2. The zero-order chi connectivity index (χ0) is 20.8. The van der Waals surface area contributed by atoms with Crippen LogP contribution >= 0.6 is 0 Å². The van der Waals surface area contributed by atoms with Gasteiger partial charge in [-0.3, -0.25) is 14.6 Å². The Morgan fingerprint density at radius 3 is 1.29 bits per heavy atom.